The van der Waals surface area contributed by atoms with Crippen molar-refractivity contribution < 1.29 is 9.53 Å². The third-order valence-corrected chi connectivity index (χ3v) is 1.84. The van der Waals surface area contributed by atoms with Gasteiger partial charge in [-0.25, -0.2) is 4.79 Å². The average Bonchev–Trinajstić information content (AvgIpc) is 1.85. The lowest BCUT2D eigenvalue weighted by atomic mass is 10.5. The molecule has 0 heterocycles. The number of carbonyl (C=O) groups is 1. The van der Waals surface area contributed by atoms with E-state index in [1.165, 1.54) is 10.8 Å². The summed E-state index contributed by atoms with van der Waals surface area (Å²) in [6, 6.07) is 0. The standard InChI is InChI=1S/C5H9O2S2/c1-3-4-7-5(6)9-8-2/h1,3-4H2,2H3. The van der Waals surface area contributed by atoms with Gasteiger partial charge in [-0.3, -0.25) is 0 Å². The quantitative estimate of drug-likeness (QED) is 0.473. The van der Waals surface area contributed by atoms with E-state index in [-0.39, 0.29) is 5.30 Å². The van der Waals surface area contributed by atoms with Gasteiger partial charge in [0.05, 0.1) is 6.61 Å². The zero-order chi connectivity index (χ0) is 7.11. The summed E-state index contributed by atoms with van der Waals surface area (Å²) in [6.45, 7) is 3.95. The van der Waals surface area contributed by atoms with E-state index >= 15 is 0 Å². The van der Waals surface area contributed by atoms with Crippen molar-refractivity contribution in [2.45, 2.75) is 6.42 Å². The summed E-state index contributed by atoms with van der Waals surface area (Å²) in [4.78, 5) is 10.5. The Kier molecular flexibility index (Phi) is 6.41. The van der Waals surface area contributed by atoms with Gasteiger partial charge in [-0.2, -0.15) is 0 Å². The first kappa shape index (κ1) is 9.17. The second kappa shape index (κ2) is 6.29. The molecule has 2 nitrogen and oxygen atoms in total. The van der Waals surface area contributed by atoms with E-state index < -0.39 is 0 Å². The molecule has 0 aliphatic rings. The first-order valence-corrected chi connectivity index (χ1v) is 5.03. The first-order chi connectivity index (χ1) is 4.31. The topological polar surface area (TPSA) is 26.3 Å². The molecule has 53 valence electrons. The summed E-state index contributed by atoms with van der Waals surface area (Å²) >= 11 is 0. The molecular weight excluding hydrogens is 156 g/mol. The first-order valence-electron chi connectivity index (χ1n) is 2.48. The van der Waals surface area contributed by atoms with Gasteiger partial charge in [0.1, 0.15) is 0 Å². The van der Waals surface area contributed by atoms with Crippen LogP contribution in [0.25, 0.3) is 0 Å². The van der Waals surface area contributed by atoms with E-state index in [1.54, 1.807) is 0 Å². The predicted molar refractivity (Wildman–Crippen MR) is 42.4 cm³/mol. The minimum atomic E-state index is -0.230. The molecule has 4 heteroatoms. The minimum Gasteiger partial charge on any atom is -0.457 e. The number of hydrogen-bond donors (Lipinski definition) is 0. The molecule has 0 aliphatic carbocycles. The lowest BCUT2D eigenvalue weighted by molar-refractivity contribution is 0.177. The third kappa shape index (κ3) is 6.05. The highest BCUT2D eigenvalue weighted by molar-refractivity contribution is 8.81. The number of hydrogen-bond acceptors (Lipinski definition) is 4. The van der Waals surface area contributed by atoms with Crippen LogP contribution in [0.2, 0.25) is 0 Å². The molecule has 0 fully saturated rings. The van der Waals surface area contributed by atoms with Crippen LogP contribution < -0.4 is 0 Å². The number of rotatable bonds is 3. The smallest absolute Gasteiger partial charge is 0.378 e. The summed E-state index contributed by atoms with van der Waals surface area (Å²) in [5, 5.41) is -0.230. The Labute approximate surface area is 63.1 Å². The van der Waals surface area contributed by atoms with Gasteiger partial charge in [-0.15, -0.1) is 0 Å². The third-order valence-electron chi connectivity index (χ3n) is 0.516. The molecule has 0 aromatic rings. The summed E-state index contributed by atoms with van der Waals surface area (Å²) in [6.07, 6.45) is 2.47. The highest BCUT2D eigenvalue weighted by Crippen LogP contribution is 2.19. The Bertz CT molecular complexity index is 85.0. The molecular formula is C5H9O2S2. The van der Waals surface area contributed by atoms with Crippen LogP contribution in [0, 0.1) is 6.92 Å². The zero-order valence-corrected chi connectivity index (χ0v) is 6.89. The highest BCUT2D eigenvalue weighted by Gasteiger charge is 1.98. The van der Waals surface area contributed by atoms with E-state index in [9.17, 15) is 4.79 Å². The normalized spacial score (nSPS) is 9.11. The van der Waals surface area contributed by atoms with Crippen molar-refractivity contribution in [2.75, 3.05) is 12.9 Å². The lowest BCUT2D eigenvalue weighted by Gasteiger charge is -1.97. The van der Waals surface area contributed by atoms with Crippen LogP contribution in [0.1, 0.15) is 6.42 Å². The van der Waals surface area contributed by atoms with Crippen LogP contribution in [0.3, 0.4) is 0 Å². The van der Waals surface area contributed by atoms with Crippen molar-refractivity contribution in [2.24, 2.45) is 0 Å². The van der Waals surface area contributed by atoms with E-state index in [2.05, 4.69) is 11.7 Å². The monoisotopic (exact) mass is 165 g/mol. The van der Waals surface area contributed by atoms with Crippen molar-refractivity contribution in [1.29, 1.82) is 0 Å². The molecule has 0 aliphatic heterocycles. The van der Waals surface area contributed by atoms with Crippen molar-refractivity contribution in [3.63, 3.8) is 0 Å². The Morgan fingerprint density at radius 3 is 2.89 bits per heavy atom. The second-order valence-electron chi connectivity index (χ2n) is 1.20. The molecule has 0 spiro atoms. The maximum atomic E-state index is 10.5. The fourth-order valence-corrected chi connectivity index (χ4v) is 1.07. The molecule has 0 bridgehead atoms. The van der Waals surface area contributed by atoms with Gasteiger partial charge >= 0.3 is 5.30 Å². The van der Waals surface area contributed by atoms with Crippen LogP contribution in [0.4, 0.5) is 4.79 Å². The molecule has 0 N–H and O–H groups in total. The van der Waals surface area contributed by atoms with E-state index in [4.69, 9.17) is 0 Å². The summed E-state index contributed by atoms with van der Waals surface area (Å²) in [7, 11) is 2.48. The molecule has 0 aromatic carbocycles. The summed E-state index contributed by atoms with van der Waals surface area (Å²) < 4.78 is 4.67. The maximum absolute atomic E-state index is 10.5. The molecule has 0 aromatic heterocycles. The van der Waals surface area contributed by atoms with E-state index in [0.29, 0.717) is 13.0 Å². The molecule has 0 saturated heterocycles. The Balaban J connectivity index is 3.06. The maximum Gasteiger partial charge on any atom is 0.378 e. The second-order valence-corrected chi connectivity index (χ2v) is 3.54. The number of ether oxygens (including phenoxy) is 1. The largest absolute Gasteiger partial charge is 0.457 e. The predicted octanol–water partition coefficient (Wildman–Crippen LogP) is 2.36. The fraction of sp³-hybridized carbons (Fsp3) is 0.600. The molecule has 9 heavy (non-hydrogen) atoms. The lowest BCUT2D eigenvalue weighted by Crippen LogP contribution is -1.95. The minimum absolute atomic E-state index is 0.230. The molecule has 0 amide bonds. The van der Waals surface area contributed by atoms with E-state index in [1.807, 2.05) is 6.26 Å². The molecule has 1 radical (unpaired) electrons. The Morgan fingerprint density at radius 2 is 2.44 bits per heavy atom. The van der Waals surface area contributed by atoms with Crippen molar-refractivity contribution in [3.8, 4) is 0 Å². The van der Waals surface area contributed by atoms with Crippen LogP contribution in [0.5, 0.6) is 0 Å². The van der Waals surface area contributed by atoms with Crippen LogP contribution in [-0.4, -0.2) is 18.2 Å². The zero-order valence-electron chi connectivity index (χ0n) is 5.25. The van der Waals surface area contributed by atoms with E-state index in [0.717, 1.165) is 10.8 Å². The van der Waals surface area contributed by atoms with Gasteiger partial charge in [-0.1, -0.05) is 10.8 Å². The molecule has 0 rings (SSSR count). The molecule has 0 saturated carbocycles. The average molecular weight is 165 g/mol. The van der Waals surface area contributed by atoms with Gasteiger partial charge in [0.2, 0.25) is 0 Å². The summed E-state index contributed by atoms with van der Waals surface area (Å²) in [5.41, 5.74) is 0. The highest BCUT2D eigenvalue weighted by atomic mass is 33.1. The van der Waals surface area contributed by atoms with Gasteiger partial charge in [0, 0.05) is 10.8 Å². The van der Waals surface area contributed by atoms with Crippen LogP contribution in [-0.2, 0) is 4.74 Å². The molecule has 0 unspecified atom stereocenters. The van der Waals surface area contributed by atoms with Crippen molar-refractivity contribution in [1.82, 2.24) is 0 Å². The summed E-state index contributed by atoms with van der Waals surface area (Å²) in [5.74, 6) is 0. The van der Waals surface area contributed by atoms with Crippen LogP contribution in [0.15, 0.2) is 0 Å². The number of carbonyl (C=O) groups excluding carboxylic acids is 1. The Morgan fingerprint density at radius 1 is 1.78 bits per heavy atom. The van der Waals surface area contributed by atoms with Gasteiger partial charge in [0.15, 0.2) is 0 Å². The van der Waals surface area contributed by atoms with Gasteiger partial charge < -0.3 is 4.74 Å². The fourth-order valence-electron chi connectivity index (χ4n) is 0.248. The van der Waals surface area contributed by atoms with Crippen molar-refractivity contribution >= 4 is 26.9 Å². The SMILES string of the molecule is [CH2]CCOC(=O)SSC. The van der Waals surface area contributed by atoms with Gasteiger partial charge in [0.25, 0.3) is 0 Å². The van der Waals surface area contributed by atoms with Crippen molar-refractivity contribution in [3.05, 3.63) is 6.92 Å². The Hall–Kier alpha value is 0.170. The van der Waals surface area contributed by atoms with Crippen LogP contribution >= 0.6 is 21.6 Å². The molecule has 0 atom stereocenters. The van der Waals surface area contributed by atoms with Gasteiger partial charge in [-0.05, 0) is 19.6 Å².